The Morgan fingerprint density at radius 3 is 2.52 bits per heavy atom. The molecule has 2 aromatic rings. The van der Waals surface area contributed by atoms with E-state index in [0.717, 1.165) is 0 Å². The van der Waals surface area contributed by atoms with Crippen LogP contribution >= 0.6 is 0 Å². The molecule has 0 aliphatic rings. The molecule has 0 unspecified atom stereocenters. The molecule has 7 heteroatoms. The van der Waals surface area contributed by atoms with E-state index in [1.54, 1.807) is 30.9 Å². The number of hydrogen-bond donors (Lipinski definition) is 1. The Balaban J connectivity index is 2.06. The highest BCUT2D eigenvalue weighted by Crippen LogP contribution is 2.13. The van der Waals surface area contributed by atoms with Crippen LogP contribution in [0.25, 0.3) is 0 Å². The van der Waals surface area contributed by atoms with Gasteiger partial charge < -0.3 is 14.6 Å². The lowest BCUT2D eigenvalue weighted by atomic mass is 10.1. The molecule has 134 valence electrons. The van der Waals surface area contributed by atoms with Gasteiger partial charge in [-0.3, -0.25) is 9.59 Å². The Bertz CT molecular complexity index is 782. The summed E-state index contributed by atoms with van der Waals surface area (Å²) in [5.74, 6) is -0.445. The number of rotatable bonds is 6. The lowest BCUT2D eigenvalue weighted by molar-refractivity contribution is 0.0766. The normalized spacial score (nSPS) is 10.6. The molecule has 1 aromatic carbocycles. The summed E-state index contributed by atoms with van der Waals surface area (Å²) in [4.78, 5) is 30.2. The second kappa shape index (κ2) is 7.92. The second-order valence-electron chi connectivity index (χ2n) is 5.64. The Kier molecular flexibility index (Phi) is 5.90. The van der Waals surface area contributed by atoms with E-state index < -0.39 is 11.7 Å². The second-order valence-corrected chi connectivity index (χ2v) is 5.64. The predicted octanol–water partition coefficient (Wildman–Crippen LogP) is 2.84. The van der Waals surface area contributed by atoms with Crippen LogP contribution in [0.4, 0.5) is 4.39 Å². The molecule has 0 fully saturated rings. The van der Waals surface area contributed by atoms with Crippen LogP contribution in [0.15, 0.2) is 22.6 Å². The number of amides is 2. The van der Waals surface area contributed by atoms with Crippen LogP contribution in [0, 0.1) is 19.7 Å². The fraction of sp³-hybridized carbons (Fsp3) is 0.389. The van der Waals surface area contributed by atoms with Crippen molar-refractivity contribution in [3.05, 3.63) is 52.5 Å². The van der Waals surface area contributed by atoms with Gasteiger partial charge in [-0.15, -0.1) is 0 Å². The van der Waals surface area contributed by atoms with E-state index in [0.29, 0.717) is 24.4 Å². The molecule has 0 aliphatic heterocycles. The third-order valence-electron chi connectivity index (χ3n) is 3.93. The lowest BCUT2D eigenvalue weighted by Gasteiger charge is -2.16. The van der Waals surface area contributed by atoms with E-state index in [2.05, 4.69) is 10.3 Å². The highest BCUT2D eigenvalue weighted by atomic mass is 19.1. The van der Waals surface area contributed by atoms with E-state index in [1.165, 1.54) is 6.07 Å². The zero-order valence-corrected chi connectivity index (χ0v) is 14.9. The summed E-state index contributed by atoms with van der Waals surface area (Å²) in [5, 5.41) is 2.61. The highest BCUT2D eigenvalue weighted by Gasteiger charge is 2.21. The quantitative estimate of drug-likeness (QED) is 0.872. The van der Waals surface area contributed by atoms with Crippen molar-refractivity contribution in [1.82, 2.24) is 15.2 Å². The van der Waals surface area contributed by atoms with Gasteiger partial charge in [0.05, 0.1) is 6.54 Å². The van der Waals surface area contributed by atoms with Crippen LogP contribution in [-0.4, -0.2) is 34.8 Å². The van der Waals surface area contributed by atoms with E-state index in [1.807, 2.05) is 13.8 Å². The average molecular weight is 347 g/mol. The fourth-order valence-corrected chi connectivity index (χ4v) is 2.38. The summed E-state index contributed by atoms with van der Waals surface area (Å²) in [7, 11) is 0. The molecule has 1 aromatic heterocycles. The number of carbonyl (C=O) groups is 2. The fourth-order valence-electron chi connectivity index (χ4n) is 2.38. The van der Waals surface area contributed by atoms with Crippen LogP contribution in [-0.2, 0) is 6.54 Å². The van der Waals surface area contributed by atoms with Gasteiger partial charge in [0.15, 0.2) is 5.69 Å². The van der Waals surface area contributed by atoms with Crippen molar-refractivity contribution in [3.8, 4) is 0 Å². The minimum atomic E-state index is -0.439. The van der Waals surface area contributed by atoms with Crippen molar-refractivity contribution in [2.75, 3.05) is 13.1 Å². The number of nitrogens with one attached hydrogen (secondary N) is 1. The molecule has 0 radical (unpaired) electrons. The molecule has 0 saturated heterocycles. The maximum absolute atomic E-state index is 13.5. The van der Waals surface area contributed by atoms with Crippen LogP contribution < -0.4 is 5.32 Å². The molecule has 2 rings (SSSR count). The first-order valence-corrected chi connectivity index (χ1v) is 8.17. The Labute approximate surface area is 146 Å². The largest absolute Gasteiger partial charge is 0.443 e. The molecule has 1 heterocycles. The smallest absolute Gasteiger partial charge is 0.276 e. The minimum Gasteiger partial charge on any atom is -0.443 e. The van der Waals surface area contributed by atoms with Gasteiger partial charge in [-0.05, 0) is 45.4 Å². The monoisotopic (exact) mass is 347 g/mol. The molecule has 25 heavy (non-hydrogen) atoms. The zero-order valence-electron chi connectivity index (χ0n) is 14.9. The summed E-state index contributed by atoms with van der Waals surface area (Å²) in [6.07, 6.45) is 0. The molecule has 1 N–H and O–H groups in total. The summed E-state index contributed by atoms with van der Waals surface area (Å²) in [6.45, 7) is 8.22. The van der Waals surface area contributed by atoms with Crippen molar-refractivity contribution < 1.29 is 18.4 Å². The van der Waals surface area contributed by atoms with Gasteiger partial charge >= 0.3 is 0 Å². The number of benzene rings is 1. The first-order valence-electron chi connectivity index (χ1n) is 8.17. The molecule has 0 bridgehead atoms. The molecule has 0 atom stereocenters. The lowest BCUT2D eigenvalue weighted by Crippen LogP contribution is -2.31. The Morgan fingerprint density at radius 2 is 1.92 bits per heavy atom. The van der Waals surface area contributed by atoms with Gasteiger partial charge in [0, 0.05) is 18.7 Å². The van der Waals surface area contributed by atoms with Gasteiger partial charge in [0.25, 0.3) is 11.8 Å². The number of aryl methyl sites for hydroxylation is 2. The number of oxazole rings is 1. The number of hydrogen-bond acceptors (Lipinski definition) is 4. The number of carbonyl (C=O) groups excluding carboxylic acids is 2. The van der Waals surface area contributed by atoms with Crippen LogP contribution in [0.5, 0.6) is 0 Å². The molecule has 0 aliphatic carbocycles. The van der Waals surface area contributed by atoms with E-state index in [4.69, 9.17) is 4.42 Å². The van der Waals surface area contributed by atoms with Gasteiger partial charge in [-0.2, -0.15) is 0 Å². The first-order chi connectivity index (χ1) is 11.9. The van der Waals surface area contributed by atoms with Crippen molar-refractivity contribution in [2.45, 2.75) is 34.2 Å². The summed E-state index contributed by atoms with van der Waals surface area (Å²) >= 11 is 0. The third-order valence-corrected chi connectivity index (χ3v) is 3.93. The number of aromatic nitrogens is 1. The number of halogens is 1. The number of nitrogens with zero attached hydrogens (tertiary/aromatic N) is 2. The van der Waals surface area contributed by atoms with Gasteiger partial charge in [-0.25, -0.2) is 9.37 Å². The van der Waals surface area contributed by atoms with E-state index in [-0.39, 0.29) is 29.6 Å². The maximum atomic E-state index is 13.5. The Hall–Kier alpha value is -2.70. The van der Waals surface area contributed by atoms with Gasteiger partial charge in [0.2, 0.25) is 5.89 Å². The van der Waals surface area contributed by atoms with Crippen LogP contribution in [0.2, 0.25) is 0 Å². The molecule has 6 nitrogen and oxygen atoms in total. The van der Waals surface area contributed by atoms with Crippen molar-refractivity contribution >= 4 is 11.8 Å². The molecular weight excluding hydrogens is 325 g/mol. The molecule has 0 saturated carbocycles. The Morgan fingerprint density at radius 1 is 1.24 bits per heavy atom. The van der Waals surface area contributed by atoms with E-state index >= 15 is 0 Å². The van der Waals surface area contributed by atoms with Crippen molar-refractivity contribution in [3.63, 3.8) is 0 Å². The molecular formula is C18H22FN3O3. The predicted molar refractivity (Wildman–Crippen MR) is 90.8 cm³/mol. The third kappa shape index (κ3) is 4.23. The van der Waals surface area contributed by atoms with E-state index in [9.17, 15) is 14.0 Å². The highest BCUT2D eigenvalue weighted by molar-refractivity contribution is 5.94. The van der Waals surface area contributed by atoms with Crippen molar-refractivity contribution in [1.29, 1.82) is 0 Å². The maximum Gasteiger partial charge on any atom is 0.276 e. The summed E-state index contributed by atoms with van der Waals surface area (Å²) in [5.41, 5.74) is 0.930. The summed E-state index contributed by atoms with van der Waals surface area (Å²) < 4.78 is 19.0. The summed E-state index contributed by atoms with van der Waals surface area (Å²) in [6, 6.07) is 4.27. The molecule has 2 amide bonds. The average Bonchev–Trinajstić information content (AvgIpc) is 2.97. The topological polar surface area (TPSA) is 75.4 Å². The standard InChI is InChI=1S/C18H22FN3O3/c1-5-22(6-2)18(24)16-12(4)25-15(21-16)10-20-17(23)13-8-7-11(3)14(19)9-13/h7-9H,5-6,10H2,1-4H3,(H,20,23). The van der Waals surface area contributed by atoms with Gasteiger partial charge in [-0.1, -0.05) is 6.07 Å². The van der Waals surface area contributed by atoms with Crippen LogP contribution in [0.3, 0.4) is 0 Å². The zero-order chi connectivity index (χ0) is 18.6. The molecule has 0 spiro atoms. The van der Waals surface area contributed by atoms with Crippen molar-refractivity contribution in [2.24, 2.45) is 0 Å². The SMILES string of the molecule is CCN(CC)C(=O)c1nc(CNC(=O)c2ccc(C)c(F)c2)oc1C. The van der Waals surface area contributed by atoms with Crippen LogP contribution in [0.1, 0.15) is 51.9 Å². The first kappa shape index (κ1) is 18.6. The van der Waals surface area contributed by atoms with Gasteiger partial charge in [0.1, 0.15) is 11.6 Å². The minimum absolute atomic E-state index is 0.0146.